The molecule has 4 rings (SSSR count). The molecule has 0 aliphatic carbocycles. The molecule has 0 N–H and O–H groups in total. The quantitative estimate of drug-likeness (QED) is 0.275. The fraction of sp³-hybridized carbons (Fsp3) is 0.0476. The van der Waals surface area contributed by atoms with Crippen LogP contribution in [0.25, 0.3) is 17.1 Å². The number of thioether (sulfide) groups is 1. The number of aromatic nitrogens is 3. The third kappa shape index (κ3) is 4.28. The molecule has 0 aliphatic heterocycles. The molecule has 0 amide bonds. The molecule has 0 saturated heterocycles. The molecule has 7 heteroatoms. The summed E-state index contributed by atoms with van der Waals surface area (Å²) in [7, 11) is 0. The molecule has 0 atom stereocenters. The first kappa shape index (κ1) is 19.5. The molecule has 28 heavy (non-hydrogen) atoms. The van der Waals surface area contributed by atoms with Gasteiger partial charge in [0, 0.05) is 26.5 Å². The van der Waals surface area contributed by atoms with Gasteiger partial charge in [-0.2, -0.15) is 0 Å². The lowest BCUT2D eigenvalue weighted by molar-refractivity contribution is 0.886. The summed E-state index contributed by atoms with van der Waals surface area (Å²) in [6.07, 6.45) is 0. The number of rotatable bonds is 5. The van der Waals surface area contributed by atoms with Crippen LogP contribution in [0.1, 0.15) is 5.56 Å². The second-order valence-electron chi connectivity index (χ2n) is 6.02. The van der Waals surface area contributed by atoms with Crippen molar-refractivity contribution in [3.8, 4) is 17.1 Å². The summed E-state index contributed by atoms with van der Waals surface area (Å²) >= 11 is 17.6. The van der Waals surface area contributed by atoms with Gasteiger partial charge in [0.05, 0.1) is 5.02 Å². The molecule has 4 aromatic rings. The minimum Gasteiger partial charge on any atom is -0.270 e. The van der Waals surface area contributed by atoms with Crippen molar-refractivity contribution < 1.29 is 0 Å². The van der Waals surface area contributed by atoms with Gasteiger partial charge in [0.15, 0.2) is 11.0 Å². The molecule has 140 valence electrons. The maximum Gasteiger partial charge on any atom is 0.196 e. The second-order valence-corrected chi connectivity index (χ2v) is 8.72. The Morgan fingerprint density at radius 3 is 2.43 bits per heavy atom. The van der Waals surface area contributed by atoms with E-state index in [2.05, 4.69) is 38.3 Å². The number of hydrogen-bond acceptors (Lipinski definition) is 3. The molecule has 3 aromatic carbocycles. The lowest BCUT2D eigenvalue weighted by atomic mass is 10.2. The Bertz CT molecular complexity index is 1110. The molecule has 0 saturated carbocycles. The fourth-order valence-electron chi connectivity index (χ4n) is 2.78. The van der Waals surface area contributed by atoms with Gasteiger partial charge in [-0.15, -0.1) is 10.2 Å². The van der Waals surface area contributed by atoms with Gasteiger partial charge in [0.1, 0.15) is 0 Å². The van der Waals surface area contributed by atoms with E-state index >= 15 is 0 Å². The van der Waals surface area contributed by atoms with Crippen LogP contribution in [0.4, 0.5) is 0 Å². The molecule has 1 aromatic heterocycles. The van der Waals surface area contributed by atoms with Gasteiger partial charge in [-0.05, 0) is 54.1 Å². The average molecular weight is 491 g/mol. The highest BCUT2D eigenvalue weighted by molar-refractivity contribution is 9.10. The lowest BCUT2D eigenvalue weighted by Gasteiger charge is -2.11. The third-order valence-corrected chi connectivity index (χ3v) is 6.16. The number of benzene rings is 3. The summed E-state index contributed by atoms with van der Waals surface area (Å²) < 4.78 is 3.07. The largest absolute Gasteiger partial charge is 0.270 e. The zero-order chi connectivity index (χ0) is 19.5. The summed E-state index contributed by atoms with van der Waals surface area (Å²) in [4.78, 5) is 0. The summed E-state index contributed by atoms with van der Waals surface area (Å²) in [6, 6.07) is 23.5. The van der Waals surface area contributed by atoms with E-state index in [1.165, 1.54) is 5.56 Å². The van der Waals surface area contributed by atoms with Crippen molar-refractivity contribution in [1.82, 2.24) is 14.8 Å². The lowest BCUT2D eigenvalue weighted by Crippen LogP contribution is -2.00. The van der Waals surface area contributed by atoms with Gasteiger partial charge in [-0.3, -0.25) is 4.57 Å². The molecule has 1 heterocycles. The van der Waals surface area contributed by atoms with E-state index in [1.807, 2.05) is 65.2 Å². The molecule has 0 fully saturated rings. The van der Waals surface area contributed by atoms with E-state index < -0.39 is 0 Å². The summed E-state index contributed by atoms with van der Waals surface area (Å²) in [5.41, 5.74) is 2.96. The maximum absolute atomic E-state index is 6.43. The van der Waals surface area contributed by atoms with Crippen molar-refractivity contribution in [1.29, 1.82) is 0 Å². The Hall–Kier alpha value is -1.79. The number of nitrogens with zero attached hydrogens (tertiary/aromatic N) is 3. The highest BCUT2D eigenvalue weighted by Crippen LogP contribution is 2.33. The molecule has 0 bridgehead atoms. The molecular weight excluding hydrogens is 477 g/mol. The summed E-state index contributed by atoms with van der Waals surface area (Å²) in [6.45, 7) is 0. The van der Waals surface area contributed by atoms with E-state index in [0.29, 0.717) is 15.9 Å². The predicted octanol–water partition coefficient (Wildman–Crippen LogP) is 7.30. The Kier molecular flexibility index (Phi) is 6.07. The van der Waals surface area contributed by atoms with Crippen LogP contribution in [0.2, 0.25) is 10.0 Å². The van der Waals surface area contributed by atoms with Gasteiger partial charge in [0.2, 0.25) is 0 Å². The zero-order valence-corrected chi connectivity index (χ0v) is 18.4. The number of hydrogen-bond donors (Lipinski definition) is 0. The molecule has 0 radical (unpaired) electrons. The molecule has 0 unspecified atom stereocenters. The highest BCUT2D eigenvalue weighted by Gasteiger charge is 2.18. The SMILES string of the molecule is Clc1ccc(-n2c(SCc3cccc(Br)c3)nnc2-c2ccccc2Cl)cc1. The topological polar surface area (TPSA) is 30.7 Å². The first-order chi connectivity index (χ1) is 13.6. The van der Waals surface area contributed by atoms with Crippen LogP contribution >= 0.6 is 50.9 Å². The van der Waals surface area contributed by atoms with Gasteiger partial charge in [-0.25, -0.2) is 0 Å². The highest BCUT2D eigenvalue weighted by atomic mass is 79.9. The maximum atomic E-state index is 6.43. The second kappa shape index (κ2) is 8.70. The summed E-state index contributed by atoms with van der Waals surface area (Å²) in [5, 5.41) is 11.0. The van der Waals surface area contributed by atoms with Crippen molar-refractivity contribution in [2.45, 2.75) is 10.9 Å². The fourth-order valence-corrected chi connectivity index (χ4v) is 4.47. The van der Waals surface area contributed by atoms with Crippen molar-refractivity contribution in [3.05, 3.63) is 92.9 Å². The van der Waals surface area contributed by atoms with E-state index in [9.17, 15) is 0 Å². The molecule has 0 aliphatic rings. The van der Waals surface area contributed by atoms with E-state index in [4.69, 9.17) is 23.2 Å². The van der Waals surface area contributed by atoms with Crippen LogP contribution in [0.15, 0.2) is 82.4 Å². The normalized spacial score (nSPS) is 11.0. The van der Waals surface area contributed by atoms with Crippen molar-refractivity contribution in [2.24, 2.45) is 0 Å². The van der Waals surface area contributed by atoms with Crippen LogP contribution < -0.4 is 0 Å². The predicted molar refractivity (Wildman–Crippen MR) is 121 cm³/mol. The summed E-state index contributed by atoms with van der Waals surface area (Å²) in [5.74, 6) is 1.47. The zero-order valence-electron chi connectivity index (χ0n) is 14.5. The van der Waals surface area contributed by atoms with Crippen molar-refractivity contribution in [2.75, 3.05) is 0 Å². The van der Waals surface area contributed by atoms with Gasteiger partial charge in [-0.1, -0.05) is 75.2 Å². The van der Waals surface area contributed by atoms with E-state index in [1.54, 1.807) is 11.8 Å². The Balaban J connectivity index is 1.76. The standard InChI is InChI=1S/C21H14BrCl2N3S/c22-15-5-3-4-14(12-15)13-28-21-26-25-20(18-6-1-2-7-19(18)24)27(21)17-10-8-16(23)9-11-17/h1-12H,13H2. The van der Waals surface area contributed by atoms with Crippen molar-refractivity contribution in [3.63, 3.8) is 0 Å². The van der Waals surface area contributed by atoms with Crippen LogP contribution in [0.5, 0.6) is 0 Å². The van der Waals surface area contributed by atoms with Crippen LogP contribution in [0, 0.1) is 0 Å². The van der Waals surface area contributed by atoms with E-state index in [-0.39, 0.29) is 0 Å². The minimum absolute atomic E-state index is 0.633. The van der Waals surface area contributed by atoms with Crippen LogP contribution in [0.3, 0.4) is 0 Å². The third-order valence-electron chi connectivity index (χ3n) is 4.09. The van der Waals surface area contributed by atoms with Gasteiger partial charge < -0.3 is 0 Å². The van der Waals surface area contributed by atoms with Crippen LogP contribution in [-0.4, -0.2) is 14.8 Å². The van der Waals surface area contributed by atoms with E-state index in [0.717, 1.165) is 26.6 Å². The smallest absolute Gasteiger partial charge is 0.196 e. The average Bonchev–Trinajstić information content (AvgIpc) is 3.11. The molecule has 0 spiro atoms. The number of halogens is 3. The van der Waals surface area contributed by atoms with Gasteiger partial charge >= 0.3 is 0 Å². The Morgan fingerprint density at radius 2 is 1.68 bits per heavy atom. The van der Waals surface area contributed by atoms with Crippen LogP contribution in [-0.2, 0) is 5.75 Å². The monoisotopic (exact) mass is 489 g/mol. The first-order valence-electron chi connectivity index (χ1n) is 8.45. The molecular formula is C21H14BrCl2N3S. The molecule has 3 nitrogen and oxygen atoms in total. The van der Waals surface area contributed by atoms with Crippen molar-refractivity contribution >= 4 is 50.9 Å². The Morgan fingerprint density at radius 1 is 0.893 bits per heavy atom. The minimum atomic E-state index is 0.633. The van der Waals surface area contributed by atoms with Gasteiger partial charge in [0.25, 0.3) is 0 Å². The first-order valence-corrected chi connectivity index (χ1v) is 11.0. The Labute approximate surface area is 185 Å².